The van der Waals surface area contributed by atoms with Crippen molar-refractivity contribution in [2.75, 3.05) is 6.54 Å². The monoisotopic (exact) mass is 210 g/mol. The summed E-state index contributed by atoms with van der Waals surface area (Å²) in [6.07, 6.45) is 2.38. The molecule has 1 heterocycles. The van der Waals surface area contributed by atoms with Gasteiger partial charge in [0.05, 0.1) is 6.42 Å². The second kappa shape index (κ2) is 5.60. The van der Waals surface area contributed by atoms with Crippen molar-refractivity contribution in [3.63, 3.8) is 0 Å². The Hall–Kier alpha value is -1.23. The van der Waals surface area contributed by atoms with E-state index in [1.165, 1.54) is 6.33 Å². The maximum Gasteiger partial charge on any atom is 0.142 e. The highest BCUT2D eigenvalue weighted by atomic mass is 16.1. The van der Waals surface area contributed by atoms with Crippen molar-refractivity contribution in [2.45, 2.75) is 32.7 Å². The van der Waals surface area contributed by atoms with E-state index in [-0.39, 0.29) is 11.8 Å². The van der Waals surface area contributed by atoms with Crippen molar-refractivity contribution in [3.05, 3.63) is 12.2 Å². The average molecular weight is 210 g/mol. The number of hydrogen-bond acceptors (Lipinski definition) is 4. The molecule has 5 nitrogen and oxygen atoms in total. The van der Waals surface area contributed by atoms with Crippen molar-refractivity contribution >= 4 is 5.78 Å². The summed E-state index contributed by atoms with van der Waals surface area (Å²) in [4.78, 5) is 15.6. The van der Waals surface area contributed by atoms with E-state index in [1.54, 1.807) is 11.7 Å². The normalized spacial score (nSPS) is 12.7. The molecule has 0 aromatic carbocycles. The number of aryl methyl sites for hydroxylation is 1. The summed E-state index contributed by atoms with van der Waals surface area (Å²) in [5, 5.41) is 7.13. The van der Waals surface area contributed by atoms with Gasteiger partial charge in [-0.15, -0.1) is 0 Å². The third kappa shape index (κ3) is 3.79. The SMILES string of the molecule is CCNC(C)CC(=O)Cc1ncnn1C. The van der Waals surface area contributed by atoms with Gasteiger partial charge in [-0.25, -0.2) is 4.98 Å². The van der Waals surface area contributed by atoms with E-state index in [0.29, 0.717) is 12.8 Å². The van der Waals surface area contributed by atoms with Crippen molar-refractivity contribution in [3.8, 4) is 0 Å². The van der Waals surface area contributed by atoms with E-state index >= 15 is 0 Å². The Bertz CT molecular complexity index is 321. The predicted molar refractivity (Wildman–Crippen MR) is 57.5 cm³/mol. The number of carbonyl (C=O) groups is 1. The molecule has 15 heavy (non-hydrogen) atoms. The molecule has 0 aliphatic rings. The van der Waals surface area contributed by atoms with Crippen LogP contribution in [0.5, 0.6) is 0 Å². The van der Waals surface area contributed by atoms with Crippen LogP contribution in [0, 0.1) is 0 Å². The number of nitrogens with zero attached hydrogens (tertiary/aromatic N) is 3. The van der Waals surface area contributed by atoms with Gasteiger partial charge in [-0.3, -0.25) is 9.48 Å². The molecule has 0 saturated carbocycles. The van der Waals surface area contributed by atoms with Crippen LogP contribution in [-0.2, 0) is 18.3 Å². The number of hydrogen-bond donors (Lipinski definition) is 1. The van der Waals surface area contributed by atoms with Crippen molar-refractivity contribution < 1.29 is 4.79 Å². The molecule has 0 aliphatic heterocycles. The molecule has 0 amide bonds. The van der Waals surface area contributed by atoms with Crippen LogP contribution in [0.3, 0.4) is 0 Å². The molecule has 1 atom stereocenters. The number of rotatable bonds is 6. The van der Waals surface area contributed by atoms with Gasteiger partial charge in [0.15, 0.2) is 0 Å². The van der Waals surface area contributed by atoms with Crippen LogP contribution in [0.4, 0.5) is 0 Å². The summed E-state index contributed by atoms with van der Waals surface area (Å²) in [6.45, 7) is 4.93. The quantitative estimate of drug-likeness (QED) is 0.734. The lowest BCUT2D eigenvalue weighted by molar-refractivity contribution is -0.119. The maximum absolute atomic E-state index is 11.6. The van der Waals surface area contributed by atoms with E-state index in [4.69, 9.17) is 0 Å². The lowest BCUT2D eigenvalue weighted by Crippen LogP contribution is -2.28. The Balaban J connectivity index is 2.40. The Labute approximate surface area is 89.9 Å². The number of nitrogens with one attached hydrogen (secondary N) is 1. The van der Waals surface area contributed by atoms with E-state index < -0.39 is 0 Å². The minimum Gasteiger partial charge on any atom is -0.314 e. The molecule has 5 heteroatoms. The molecule has 0 bridgehead atoms. The summed E-state index contributed by atoms with van der Waals surface area (Å²) >= 11 is 0. The maximum atomic E-state index is 11.6. The third-order valence-corrected chi connectivity index (χ3v) is 2.25. The summed E-state index contributed by atoms with van der Waals surface area (Å²) in [5.41, 5.74) is 0. The molecule has 1 aromatic heterocycles. The smallest absolute Gasteiger partial charge is 0.142 e. The van der Waals surface area contributed by atoms with Gasteiger partial charge in [0.1, 0.15) is 17.9 Å². The second-order valence-corrected chi connectivity index (χ2v) is 3.68. The molecule has 0 spiro atoms. The predicted octanol–water partition coefficient (Wildman–Crippen LogP) is 0.315. The minimum absolute atomic E-state index is 0.194. The number of carbonyl (C=O) groups excluding carboxylic acids is 1. The van der Waals surface area contributed by atoms with Crippen LogP contribution < -0.4 is 5.32 Å². The Morgan fingerprint density at radius 2 is 2.40 bits per heavy atom. The first-order valence-corrected chi connectivity index (χ1v) is 5.21. The van der Waals surface area contributed by atoms with E-state index in [0.717, 1.165) is 12.4 Å². The van der Waals surface area contributed by atoms with E-state index in [1.807, 2.05) is 13.8 Å². The molecule has 1 N–H and O–H groups in total. The van der Waals surface area contributed by atoms with Crippen LogP contribution in [-0.4, -0.2) is 33.1 Å². The first kappa shape index (κ1) is 11.8. The van der Waals surface area contributed by atoms with Crippen molar-refractivity contribution in [2.24, 2.45) is 7.05 Å². The zero-order chi connectivity index (χ0) is 11.3. The van der Waals surface area contributed by atoms with Gasteiger partial charge in [-0.1, -0.05) is 6.92 Å². The van der Waals surface area contributed by atoms with Crippen LogP contribution in [0.1, 0.15) is 26.1 Å². The molecule has 0 aliphatic carbocycles. The summed E-state index contributed by atoms with van der Waals surface area (Å²) in [5.74, 6) is 0.920. The molecule has 0 fully saturated rings. The van der Waals surface area contributed by atoms with Gasteiger partial charge < -0.3 is 5.32 Å². The molecule has 0 radical (unpaired) electrons. The van der Waals surface area contributed by atoms with E-state index in [2.05, 4.69) is 15.4 Å². The highest BCUT2D eigenvalue weighted by molar-refractivity contribution is 5.80. The molecule has 1 unspecified atom stereocenters. The third-order valence-electron chi connectivity index (χ3n) is 2.25. The van der Waals surface area contributed by atoms with Crippen LogP contribution in [0.15, 0.2) is 6.33 Å². The molecule has 1 aromatic rings. The van der Waals surface area contributed by atoms with Crippen LogP contribution >= 0.6 is 0 Å². The van der Waals surface area contributed by atoms with Gasteiger partial charge in [-0.2, -0.15) is 5.10 Å². The molecule has 84 valence electrons. The fraction of sp³-hybridized carbons (Fsp3) is 0.700. The average Bonchev–Trinajstić information content (AvgIpc) is 2.52. The van der Waals surface area contributed by atoms with Gasteiger partial charge in [0.2, 0.25) is 0 Å². The lowest BCUT2D eigenvalue weighted by Gasteiger charge is -2.10. The number of aromatic nitrogens is 3. The molecular weight excluding hydrogens is 192 g/mol. The molecular formula is C10H18N4O. The minimum atomic E-state index is 0.194. The fourth-order valence-electron chi connectivity index (χ4n) is 1.49. The Morgan fingerprint density at radius 1 is 1.67 bits per heavy atom. The lowest BCUT2D eigenvalue weighted by atomic mass is 10.1. The molecule has 0 saturated heterocycles. The topological polar surface area (TPSA) is 59.8 Å². The first-order valence-electron chi connectivity index (χ1n) is 5.21. The largest absolute Gasteiger partial charge is 0.314 e. The van der Waals surface area contributed by atoms with Gasteiger partial charge in [0, 0.05) is 19.5 Å². The van der Waals surface area contributed by atoms with Crippen molar-refractivity contribution in [1.82, 2.24) is 20.1 Å². The van der Waals surface area contributed by atoms with Crippen molar-refractivity contribution in [1.29, 1.82) is 0 Å². The van der Waals surface area contributed by atoms with Gasteiger partial charge in [0.25, 0.3) is 0 Å². The standard InChI is InChI=1S/C10H18N4O/c1-4-11-8(2)5-9(15)6-10-12-7-13-14(10)3/h7-8,11H,4-6H2,1-3H3. The summed E-state index contributed by atoms with van der Waals surface area (Å²) in [6, 6.07) is 0.232. The highest BCUT2D eigenvalue weighted by Gasteiger charge is 2.11. The highest BCUT2D eigenvalue weighted by Crippen LogP contribution is 1.99. The fourth-order valence-corrected chi connectivity index (χ4v) is 1.49. The Kier molecular flexibility index (Phi) is 4.42. The Morgan fingerprint density at radius 3 is 2.93 bits per heavy atom. The van der Waals surface area contributed by atoms with E-state index in [9.17, 15) is 4.79 Å². The number of Topliss-reactive ketones (excluding diaryl/α,β-unsaturated/α-hetero) is 1. The number of ketones is 1. The van der Waals surface area contributed by atoms with Gasteiger partial charge >= 0.3 is 0 Å². The zero-order valence-corrected chi connectivity index (χ0v) is 9.53. The first-order chi connectivity index (χ1) is 7.13. The van der Waals surface area contributed by atoms with Crippen LogP contribution in [0.25, 0.3) is 0 Å². The van der Waals surface area contributed by atoms with Gasteiger partial charge in [-0.05, 0) is 13.5 Å². The summed E-state index contributed by atoms with van der Waals surface area (Å²) in [7, 11) is 1.79. The summed E-state index contributed by atoms with van der Waals surface area (Å²) < 4.78 is 1.63. The van der Waals surface area contributed by atoms with Crippen LogP contribution in [0.2, 0.25) is 0 Å². The molecule has 1 rings (SSSR count). The zero-order valence-electron chi connectivity index (χ0n) is 9.53. The second-order valence-electron chi connectivity index (χ2n) is 3.68.